The van der Waals surface area contributed by atoms with Gasteiger partial charge in [0.2, 0.25) is 10.0 Å². The van der Waals surface area contributed by atoms with Crippen molar-refractivity contribution in [2.24, 2.45) is 0 Å². The molecule has 0 amide bonds. The van der Waals surface area contributed by atoms with Gasteiger partial charge in [0.1, 0.15) is 6.61 Å². The Labute approximate surface area is 121 Å². The van der Waals surface area contributed by atoms with Crippen LogP contribution in [0.2, 0.25) is 0 Å². The minimum atomic E-state index is -3.40. The molecule has 0 aliphatic rings. The average Bonchev–Trinajstić information content (AvgIpc) is 2.35. The predicted molar refractivity (Wildman–Crippen MR) is 80.6 cm³/mol. The van der Waals surface area contributed by atoms with E-state index in [1.807, 2.05) is 24.3 Å². The summed E-state index contributed by atoms with van der Waals surface area (Å²) in [7, 11) is -3.40. The molecule has 1 aromatic carbocycles. The van der Waals surface area contributed by atoms with Crippen molar-refractivity contribution in [3.05, 3.63) is 35.4 Å². The van der Waals surface area contributed by atoms with Crippen molar-refractivity contribution in [2.45, 2.75) is 38.5 Å². The second kappa shape index (κ2) is 6.40. The number of aliphatic hydroxyl groups excluding tert-OH is 1. The number of benzene rings is 1. The highest BCUT2D eigenvalue weighted by molar-refractivity contribution is 7.90. The molecule has 1 rings (SSSR count). The summed E-state index contributed by atoms with van der Waals surface area (Å²) in [4.78, 5) is 0. The van der Waals surface area contributed by atoms with E-state index in [4.69, 9.17) is 5.11 Å². The Balaban J connectivity index is 2.96. The lowest BCUT2D eigenvalue weighted by molar-refractivity contribution is 0.350. The zero-order valence-corrected chi connectivity index (χ0v) is 13.1. The monoisotopic (exact) mass is 295 g/mol. The van der Waals surface area contributed by atoms with Crippen LogP contribution in [0.5, 0.6) is 0 Å². The quantitative estimate of drug-likeness (QED) is 0.836. The molecule has 4 nitrogen and oxygen atoms in total. The molecule has 1 aromatic rings. The van der Waals surface area contributed by atoms with Crippen LogP contribution in [0.25, 0.3) is 0 Å². The third-order valence-electron chi connectivity index (χ3n) is 2.84. The van der Waals surface area contributed by atoms with Crippen molar-refractivity contribution >= 4 is 10.0 Å². The zero-order valence-electron chi connectivity index (χ0n) is 12.3. The van der Waals surface area contributed by atoms with Gasteiger partial charge in [-0.3, -0.25) is 0 Å². The lowest BCUT2D eigenvalue weighted by Gasteiger charge is -2.23. The van der Waals surface area contributed by atoms with Gasteiger partial charge >= 0.3 is 0 Å². The average molecular weight is 295 g/mol. The van der Waals surface area contributed by atoms with Crippen LogP contribution >= 0.6 is 0 Å². The van der Waals surface area contributed by atoms with Gasteiger partial charge in [-0.2, -0.15) is 0 Å². The molecule has 0 aliphatic heterocycles. The normalized spacial score (nSPS) is 13.4. The fourth-order valence-electron chi connectivity index (χ4n) is 1.50. The Bertz CT molecular complexity index is 618. The van der Waals surface area contributed by atoms with Gasteiger partial charge in [0, 0.05) is 11.6 Å². The highest BCUT2D eigenvalue weighted by Gasteiger charge is 2.30. The Morgan fingerprint density at radius 2 is 2.00 bits per heavy atom. The number of hydrogen-bond acceptors (Lipinski definition) is 3. The number of aliphatic hydroxyl groups is 1. The molecular formula is C15H21NO3S. The van der Waals surface area contributed by atoms with Gasteiger partial charge in [-0.05, 0) is 45.4 Å². The summed E-state index contributed by atoms with van der Waals surface area (Å²) in [6, 6.07) is 6.96. The van der Waals surface area contributed by atoms with Crippen molar-refractivity contribution in [1.29, 1.82) is 0 Å². The van der Waals surface area contributed by atoms with E-state index in [9.17, 15) is 8.42 Å². The molecule has 0 aromatic heterocycles. The summed E-state index contributed by atoms with van der Waals surface area (Å²) in [5.41, 5.74) is 1.58. The van der Waals surface area contributed by atoms with Gasteiger partial charge < -0.3 is 5.11 Å². The Kier molecular flexibility index (Phi) is 5.35. The van der Waals surface area contributed by atoms with E-state index < -0.39 is 14.8 Å². The number of sulfonamides is 1. The van der Waals surface area contributed by atoms with Crippen molar-refractivity contribution < 1.29 is 13.5 Å². The predicted octanol–water partition coefficient (Wildman–Crippen LogP) is 1.81. The van der Waals surface area contributed by atoms with Crippen LogP contribution in [0.1, 0.15) is 44.9 Å². The highest BCUT2D eigenvalue weighted by atomic mass is 32.2. The van der Waals surface area contributed by atoms with Crippen molar-refractivity contribution in [1.82, 2.24) is 4.72 Å². The summed E-state index contributed by atoms with van der Waals surface area (Å²) in [5, 5.41) is 8.68. The van der Waals surface area contributed by atoms with Gasteiger partial charge in [0.25, 0.3) is 0 Å². The number of nitrogens with one attached hydrogen (secondary N) is 1. The topological polar surface area (TPSA) is 66.4 Å². The lowest BCUT2D eigenvalue weighted by Crippen LogP contribution is -2.40. The van der Waals surface area contributed by atoms with Crippen LogP contribution < -0.4 is 4.72 Å². The smallest absolute Gasteiger partial charge is 0.217 e. The Morgan fingerprint density at radius 3 is 2.55 bits per heavy atom. The molecule has 0 aliphatic carbocycles. The fraction of sp³-hybridized carbons (Fsp3) is 0.467. The van der Waals surface area contributed by atoms with Crippen LogP contribution in [0, 0.1) is 11.8 Å². The molecule has 0 spiro atoms. The van der Waals surface area contributed by atoms with E-state index >= 15 is 0 Å². The van der Waals surface area contributed by atoms with E-state index in [1.54, 1.807) is 27.7 Å². The van der Waals surface area contributed by atoms with E-state index in [1.165, 1.54) is 0 Å². The maximum absolute atomic E-state index is 12.1. The fourth-order valence-corrected chi connectivity index (χ4v) is 2.46. The molecule has 0 radical (unpaired) electrons. The second-order valence-electron chi connectivity index (χ2n) is 5.54. The van der Waals surface area contributed by atoms with Gasteiger partial charge in [-0.1, -0.05) is 24.0 Å². The lowest BCUT2D eigenvalue weighted by atomic mass is 10.1. The SMILES string of the molecule is CC(NS(=O)(=O)C(C)(C)C)c1cccc(C#CCO)c1. The van der Waals surface area contributed by atoms with Crippen molar-refractivity contribution in [3.8, 4) is 11.8 Å². The molecule has 0 fully saturated rings. The molecular weight excluding hydrogens is 274 g/mol. The summed E-state index contributed by atoms with van der Waals surface area (Å²) < 4.78 is 26.1. The first-order valence-electron chi connectivity index (χ1n) is 6.39. The summed E-state index contributed by atoms with van der Waals surface area (Å²) in [6.07, 6.45) is 0. The second-order valence-corrected chi connectivity index (χ2v) is 8.01. The standard InChI is InChI=1S/C15H21NO3S/c1-12(16-20(18,19)15(2,3)4)14-9-5-7-13(11-14)8-6-10-17/h5,7,9,11-12,16-17H,10H2,1-4H3. The Hall–Kier alpha value is -1.35. The van der Waals surface area contributed by atoms with Crippen LogP contribution in [0.3, 0.4) is 0 Å². The third kappa shape index (κ3) is 4.34. The van der Waals surface area contributed by atoms with Gasteiger partial charge in [-0.15, -0.1) is 0 Å². The van der Waals surface area contributed by atoms with Crippen LogP contribution in [0.15, 0.2) is 24.3 Å². The minimum absolute atomic E-state index is 0.198. The van der Waals surface area contributed by atoms with Gasteiger partial charge in [0.15, 0.2) is 0 Å². The minimum Gasteiger partial charge on any atom is -0.384 e. The third-order valence-corrected chi connectivity index (χ3v) is 5.11. The van der Waals surface area contributed by atoms with Crippen molar-refractivity contribution in [2.75, 3.05) is 6.61 Å². The first-order valence-corrected chi connectivity index (χ1v) is 7.87. The largest absolute Gasteiger partial charge is 0.384 e. The summed E-state index contributed by atoms with van der Waals surface area (Å²) >= 11 is 0. The van der Waals surface area contributed by atoms with Gasteiger partial charge in [0.05, 0.1) is 4.75 Å². The highest BCUT2D eigenvalue weighted by Crippen LogP contribution is 2.20. The number of hydrogen-bond donors (Lipinski definition) is 2. The molecule has 0 bridgehead atoms. The maximum Gasteiger partial charge on any atom is 0.217 e. The number of rotatable bonds is 3. The summed E-state index contributed by atoms with van der Waals surface area (Å²) in [5.74, 6) is 5.38. The van der Waals surface area contributed by atoms with E-state index in [0.717, 1.165) is 11.1 Å². The Morgan fingerprint density at radius 1 is 1.35 bits per heavy atom. The molecule has 0 heterocycles. The first-order chi connectivity index (χ1) is 9.17. The van der Waals surface area contributed by atoms with Crippen LogP contribution in [0.4, 0.5) is 0 Å². The van der Waals surface area contributed by atoms with Crippen molar-refractivity contribution in [3.63, 3.8) is 0 Å². The first kappa shape index (κ1) is 16.7. The molecule has 5 heteroatoms. The van der Waals surface area contributed by atoms with E-state index in [2.05, 4.69) is 16.6 Å². The van der Waals surface area contributed by atoms with E-state index in [0.29, 0.717) is 0 Å². The molecule has 110 valence electrons. The molecule has 2 N–H and O–H groups in total. The van der Waals surface area contributed by atoms with E-state index in [-0.39, 0.29) is 12.6 Å². The molecule has 1 unspecified atom stereocenters. The molecule has 1 atom stereocenters. The molecule has 20 heavy (non-hydrogen) atoms. The van der Waals surface area contributed by atoms with Crippen LogP contribution in [-0.2, 0) is 10.0 Å². The maximum atomic E-state index is 12.1. The molecule has 0 saturated carbocycles. The summed E-state index contributed by atoms with van der Waals surface area (Å²) in [6.45, 7) is 6.57. The zero-order chi connectivity index (χ0) is 15.4. The molecule has 0 saturated heterocycles. The van der Waals surface area contributed by atoms with Gasteiger partial charge in [-0.25, -0.2) is 13.1 Å². The van der Waals surface area contributed by atoms with Crippen LogP contribution in [-0.4, -0.2) is 24.9 Å².